The normalized spacial score (nSPS) is 12.2. The van der Waals surface area contributed by atoms with Gasteiger partial charge in [-0.15, -0.1) is 0 Å². The van der Waals surface area contributed by atoms with Crippen molar-refractivity contribution in [3.63, 3.8) is 0 Å². The first-order chi connectivity index (χ1) is 14.9. The van der Waals surface area contributed by atoms with E-state index < -0.39 is 18.4 Å². The summed E-state index contributed by atoms with van der Waals surface area (Å²) in [4.78, 5) is 8.84. The number of ether oxygens (including phenoxy) is 2. The van der Waals surface area contributed by atoms with Crippen molar-refractivity contribution in [2.24, 2.45) is 0 Å². The molecule has 0 atom stereocenters. The van der Waals surface area contributed by atoms with Crippen LogP contribution in [-0.2, 0) is 0 Å². The van der Waals surface area contributed by atoms with Crippen molar-refractivity contribution in [3.05, 3.63) is 17.0 Å². The van der Waals surface area contributed by atoms with Gasteiger partial charge < -0.3 is 0 Å². The number of aryl methyl sites for hydroxylation is 1. The molecule has 0 aliphatic carbocycles. The van der Waals surface area contributed by atoms with Gasteiger partial charge in [-0.1, -0.05) is 0 Å². The zero-order valence-electron chi connectivity index (χ0n) is 20.4. The van der Waals surface area contributed by atoms with Crippen LogP contribution < -0.4 is 12.4 Å². The molecule has 0 saturated carbocycles. The van der Waals surface area contributed by atoms with Gasteiger partial charge in [-0.05, 0) is 0 Å². The standard InChI is InChI=1S/C23H31O2S2.3CH3.Sn/c1-4-6-8-10-13-24-20-18-12-15-26-22(18)21(25-14-11-9-7-5-2)19-16-17(3)27-23(19)20;;;;/h12,16H,4-11,13-14H2,1-3H3;3*1H3;. The first-order valence-corrected chi connectivity index (χ1v) is 23.7. The molecule has 3 rings (SSSR count). The van der Waals surface area contributed by atoms with Crippen molar-refractivity contribution in [1.29, 1.82) is 0 Å². The molecule has 0 saturated heterocycles. The van der Waals surface area contributed by atoms with Gasteiger partial charge in [-0.2, -0.15) is 0 Å². The third kappa shape index (κ3) is 6.32. The summed E-state index contributed by atoms with van der Waals surface area (Å²) in [6.45, 7) is 8.33. The summed E-state index contributed by atoms with van der Waals surface area (Å²) in [5.41, 5.74) is 0. The first kappa shape index (κ1) is 25.2. The van der Waals surface area contributed by atoms with E-state index in [0.717, 1.165) is 37.6 Å². The number of hydrogen-bond donors (Lipinski definition) is 0. The van der Waals surface area contributed by atoms with E-state index in [4.69, 9.17) is 9.47 Å². The summed E-state index contributed by atoms with van der Waals surface area (Å²) in [6.07, 6.45) is 9.86. The average molecular weight is 567 g/mol. The Morgan fingerprint density at radius 1 is 0.710 bits per heavy atom. The molecule has 2 nitrogen and oxygen atoms in total. The van der Waals surface area contributed by atoms with Gasteiger partial charge in [0, 0.05) is 0 Å². The Hall–Kier alpha value is -0.461. The molecule has 0 aliphatic heterocycles. The summed E-state index contributed by atoms with van der Waals surface area (Å²) in [7, 11) is 0. The SMILES string of the molecule is CCCCCCOc1c2c[c]([Sn]([CH3])([CH3])[CH3])sc2c(OCCCCCC)c2cc(C)sc12. The third-order valence-corrected chi connectivity index (χ3v) is 17.3. The Balaban J connectivity index is 2.02. The Morgan fingerprint density at radius 3 is 1.74 bits per heavy atom. The predicted molar refractivity (Wildman–Crippen MR) is 144 cm³/mol. The van der Waals surface area contributed by atoms with E-state index in [9.17, 15) is 0 Å². The van der Waals surface area contributed by atoms with Crippen molar-refractivity contribution in [1.82, 2.24) is 0 Å². The fraction of sp³-hybridized carbons (Fsp3) is 0.615. The van der Waals surface area contributed by atoms with Gasteiger partial charge in [0.2, 0.25) is 0 Å². The van der Waals surface area contributed by atoms with Crippen molar-refractivity contribution in [2.75, 3.05) is 13.2 Å². The van der Waals surface area contributed by atoms with Crippen molar-refractivity contribution in [2.45, 2.75) is 87.0 Å². The van der Waals surface area contributed by atoms with Crippen LogP contribution in [0.4, 0.5) is 0 Å². The minimum atomic E-state index is -2.20. The minimum absolute atomic E-state index is 0.808. The number of hydrogen-bond acceptors (Lipinski definition) is 4. The summed E-state index contributed by atoms with van der Waals surface area (Å²) >= 11 is 1.64. The molecule has 0 radical (unpaired) electrons. The van der Waals surface area contributed by atoms with E-state index in [1.54, 1.807) is 2.89 Å². The quantitative estimate of drug-likeness (QED) is 0.152. The second-order valence-corrected chi connectivity index (χ2v) is 27.4. The van der Waals surface area contributed by atoms with E-state index in [0.29, 0.717) is 0 Å². The first-order valence-electron chi connectivity index (χ1n) is 12.1. The van der Waals surface area contributed by atoms with E-state index in [-0.39, 0.29) is 0 Å². The Bertz CT molecular complexity index is 912. The molecule has 1 aromatic carbocycles. The van der Waals surface area contributed by atoms with Crippen LogP contribution in [0.5, 0.6) is 11.5 Å². The number of rotatable bonds is 13. The zero-order chi connectivity index (χ0) is 22.4. The van der Waals surface area contributed by atoms with E-state index in [1.165, 1.54) is 63.6 Å². The molecule has 0 amide bonds. The summed E-state index contributed by atoms with van der Waals surface area (Å²) in [5.74, 6) is 2.21. The van der Waals surface area contributed by atoms with E-state index in [2.05, 4.69) is 47.7 Å². The molecule has 0 bridgehead atoms. The van der Waals surface area contributed by atoms with Crippen LogP contribution in [0.1, 0.15) is 70.1 Å². The molecule has 2 aromatic heterocycles. The van der Waals surface area contributed by atoms with E-state index >= 15 is 0 Å². The molecule has 3 aromatic rings. The molecular formula is C26H40O2S2Sn. The van der Waals surface area contributed by atoms with Gasteiger partial charge >= 0.3 is 202 Å². The second-order valence-electron chi connectivity index (χ2n) is 9.68. The Labute approximate surface area is 201 Å². The van der Waals surface area contributed by atoms with Gasteiger partial charge in [-0.25, -0.2) is 0 Å². The second kappa shape index (κ2) is 11.6. The van der Waals surface area contributed by atoms with Crippen molar-refractivity contribution < 1.29 is 9.47 Å². The van der Waals surface area contributed by atoms with Crippen LogP contribution in [0.25, 0.3) is 20.2 Å². The van der Waals surface area contributed by atoms with Gasteiger partial charge in [0.05, 0.1) is 0 Å². The van der Waals surface area contributed by atoms with Gasteiger partial charge in [0.1, 0.15) is 0 Å². The van der Waals surface area contributed by atoms with Crippen molar-refractivity contribution >= 4 is 64.1 Å². The fourth-order valence-electron chi connectivity index (χ4n) is 3.89. The molecule has 0 aliphatic rings. The molecule has 5 heteroatoms. The van der Waals surface area contributed by atoms with Crippen LogP contribution in [0, 0.1) is 6.92 Å². The molecule has 2 heterocycles. The number of thiophene rings is 2. The van der Waals surface area contributed by atoms with Gasteiger partial charge in [0.15, 0.2) is 0 Å². The fourth-order valence-corrected chi connectivity index (χ4v) is 11.3. The monoisotopic (exact) mass is 568 g/mol. The van der Waals surface area contributed by atoms with Crippen LogP contribution >= 0.6 is 22.7 Å². The number of benzene rings is 1. The summed E-state index contributed by atoms with van der Waals surface area (Å²) in [6, 6.07) is 4.76. The molecule has 172 valence electrons. The Kier molecular flexibility index (Phi) is 9.42. The maximum atomic E-state index is 6.52. The summed E-state index contributed by atoms with van der Waals surface area (Å²) in [5, 5.41) is 2.55. The maximum absolute atomic E-state index is 6.52. The molecule has 0 spiro atoms. The molecule has 0 unspecified atom stereocenters. The molecule has 0 N–H and O–H groups in total. The molecule has 31 heavy (non-hydrogen) atoms. The van der Waals surface area contributed by atoms with E-state index in [1.807, 2.05) is 22.7 Å². The summed E-state index contributed by atoms with van der Waals surface area (Å²) < 4.78 is 17.2. The van der Waals surface area contributed by atoms with Crippen LogP contribution in [0.15, 0.2) is 12.1 Å². The average Bonchev–Trinajstić information content (AvgIpc) is 3.32. The van der Waals surface area contributed by atoms with Crippen LogP contribution in [-0.4, -0.2) is 31.6 Å². The van der Waals surface area contributed by atoms with Gasteiger partial charge in [0.25, 0.3) is 0 Å². The third-order valence-electron chi connectivity index (χ3n) is 5.72. The van der Waals surface area contributed by atoms with Crippen LogP contribution in [0.2, 0.25) is 14.8 Å². The van der Waals surface area contributed by atoms with Gasteiger partial charge in [-0.3, -0.25) is 0 Å². The topological polar surface area (TPSA) is 18.5 Å². The zero-order valence-corrected chi connectivity index (χ0v) is 24.8. The van der Waals surface area contributed by atoms with Crippen LogP contribution in [0.3, 0.4) is 0 Å². The molecule has 0 fully saturated rings. The Morgan fingerprint density at radius 2 is 1.23 bits per heavy atom. The predicted octanol–water partition coefficient (Wildman–Crippen LogP) is 8.89. The van der Waals surface area contributed by atoms with Crippen molar-refractivity contribution in [3.8, 4) is 11.5 Å². The molecular weight excluding hydrogens is 527 g/mol. The number of unbranched alkanes of at least 4 members (excludes halogenated alkanes) is 6. The number of fused-ring (bicyclic) bond motifs is 2.